The average molecular weight is 561 g/mol. The summed E-state index contributed by atoms with van der Waals surface area (Å²) >= 11 is 0. The summed E-state index contributed by atoms with van der Waals surface area (Å²) in [5, 5.41) is 10.6. The molecule has 0 aromatic rings. The van der Waals surface area contributed by atoms with Gasteiger partial charge in [-0.25, -0.2) is 0 Å². The predicted octanol–water partition coefficient (Wildman–Crippen LogP) is 4.51. The van der Waals surface area contributed by atoms with Crippen LogP contribution in [0.1, 0.15) is 87.5 Å². The molecule has 3 saturated heterocycles. The molecule has 7 atom stereocenters. The minimum Gasteiger partial charge on any atom is -0.461 e. The number of esters is 1. The van der Waals surface area contributed by atoms with Crippen molar-refractivity contribution in [1.82, 2.24) is 9.80 Å². The highest BCUT2D eigenvalue weighted by molar-refractivity contribution is 5.99. The van der Waals surface area contributed by atoms with Crippen molar-refractivity contribution >= 4 is 17.8 Å². The van der Waals surface area contributed by atoms with Crippen molar-refractivity contribution in [3.8, 4) is 0 Å². The fourth-order valence-corrected chi connectivity index (χ4v) is 8.00. The number of amides is 2. The molecule has 8 heteroatoms. The predicted molar refractivity (Wildman–Crippen MR) is 155 cm³/mol. The van der Waals surface area contributed by atoms with Crippen molar-refractivity contribution < 1.29 is 29.0 Å². The van der Waals surface area contributed by atoms with Crippen LogP contribution in [0.25, 0.3) is 0 Å². The molecule has 2 amide bonds. The zero-order chi connectivity index (χ0) is 30.3. The third-order valence-corrected chi connectivity index (χ3v) is 9.57. The largest absolute Gasteiger partial charge is 0.461 e. The van der Waals surface area contributed by atoms with Crippen molar-refractivity contribution in [3.63, 3.8) is 0 Å². The molecule has 0 radical (unpaired) electrons. The standard InChI is InChI=1S/C32H52N2O6/c1-11-17-33(30(9,10)20-29(6,7)8)27(37)25-32-16-15-31(14-4,40-32)24(28(38)39-18-12-2)23(32)26(36)34(25)22(19-35)21(5)13-3/h11-12,21-25,35H,1-2,13-20H2,3-10H3/t21-,22-,23-,24-,25?,31+,32?/m0/s1. The van der Waals surface area contributed by atoms with E-state index in [0.717, 1.165) is 6.42 Å². The number of likely N-dealkylation sites (tertiary alicyclic amines) is 1. The maximum atomic E-state index is 14.9. The molecular weight excluding hydrogens is 508 g/mol. The highest BCUT2D eigenvalue weighted by atomic mass is 16.6. The SMILES string of the molecule is C=CCOC(=O)[C@@H]1[C@H]2C(=O)N([C@@H](CO)[C@@H](C)CC)C(C(=O)N(CC=C)C(C)(C)CC(C)(C)C)C23CC[C@@]1(CC)O3. The van der Waals surface area contributed by atoms with E-state index in [2.05, 4.69) is 33.9 Å². The number of aliphatic hydroxyl groups is 1. The summed E-state index contributed by atoms with van der Waals surface area (Å²) in [4.78, 5) is 46.4. The van der Waals surface area contributed by atoms with Crippen LogP contribution in [0.15, 0.2) is 25.3 Å². The van der Waals surface area contributed by atoms with Crippen LogP contribution in [0.5, 0.6) is 0 Å². The Balaban J connectivity index is 2.22. The van der Waals surface area contributed by atoms with Gasteiger partial charge in [0.25, 0.3) is 0 Å². The Hall–Kier alpha value is -2.19. The lowest BCUT2D eigenvalue weighted by molar-refractivity contribution is -0.165. The second-order valence-corrected chi connectivity index (χ2v) is 13.9. The van der Waals surface area contributed by atoms with E-state index in [-0.39, 0.29) is 36.4 Å². The number of carbonyl (C=O) groups excluding carboxylic acids is 3. The smallest absolute Gasteiger partial charge is 0.313 e. The second-order valence-electron chi connectivity index (χ2n) is 13.9. The summed E-state index contributed by atoms with van der Waals surface area (Å²) in [6.07, 6.45) is 6.21. The molecule has 3 aliphatic rings. The van der Waals surface area contributed by atoms with Gasteiger partial charge in [0.05, 0.1) is 24.2 Å². The van der Waals surface area contributed by atoms with Crippen LogP contribution < -0.4 is 0 Å². The van der Waals surface area contributed by atoms with E-state index in [0.29, 0.717) is 32.2 Å². The summed E-state index contributed by atoms with van der Waals surface area (Å²) in [5.74, 6) is -2.78. The summed E-state index contributed by atoms with van der Waals surface area (Å²) in [6.45, 7) is 24.1. The third-order valence-electron chi connectivity index (χ3n) is 9.57. The molecule has 1 spiro atoms. The molecule has 0 saturated carbocycles. The van der Waals surface area contributed by atoms with E-state index in [1.54, 1.807) is 11.0 Å². The molecule has 226 valence electrons. The number of hydrogen-bond donors (Lipinski definition) is 1. The number of aliphatic hydroxyl groups excluding tert-OH is 1. The maximum absolute atomic E-state index is 14.9. The van der Waals surface area contributed by atoms with E-state index in [1.165, 1.54) is 6.08 Å². The Morgan fingerprint density at radius 3 is 2.35 bits per heavy atom. The van der Waals surface area contributed by atoms with Crippen molar-refractivity contribution in [1.29, 1.82) is 0 Å². The molecule has 8 nitrogen and oxygen atoms in total. The summed E-state index contributed by atoms with van der Waals surface area (Å²) in [6, 6.07) is -1.56. The summed E-state index contributed by atoms with van der Waals surface area (Å²) < 4.78 is 12.4. The first-order chi connectivity index (χ1) is 18.6. The minimum atomic E-state index is -1.18. The first-order valence-corrected chi connectivity index (χ1v) is 14.9. The molecule has 3 aliphatic heterocycles. The zero-order valence-electron chi connectivity index (χ0n) is 26.0. The molecule has 1 N–H and O–H groups in total. The summed E-state index contributed by atoms with van der Waals surface area (Å²) in [5.41, 5.74) is -2.67. The summed E-state index contributed by atoms with van der Waals surface area (Å²) in [7, 11) is 0. The average Bonchev–Trinajstić information content (AvgIpc) is 3.48. The van der Waals surface area contributed by atoms with E-state index in [1.807, 2.05) is 39.5 Å². The number of carbonyl (C=O) groups is 3. The molecule has 3 rings (SSSR count). The van der Waals surface area contributed by atoms with Gasteiger partial charge in [-0.3, -0.25) is 14.4 Å². The number of nitrogens with zero attached hydrogens (tertiary/aromatic N) is 2. The molecule has 0 aliphatic carbocycles. The number of ether oxygens (including phenoxy) is 2. The first-order valence-electron chi connectivity index (χ1n) is 14.9. The van der Waals surface area contributed by atoms with Gasteiger partial charge < -0.3 is 24.4 Å². The van der Waals surface area contributed by atoms with Crippen molar-refractivity contribution in [2.24, 2.45) is 23.2 Å². The van der Waals surface area contributed by atoms with Crippen molar-refractivity contribution in [2.45, 2.75) is 116 Å². The Morgan fingerprint density at radius 1 is 1.20 bits per heavy atom. The molecule has 2 unspecified atom stereocenters. The van der Waals surface area contributed by atoms with E-state index in [9.17, 15) is 19.5 Å². The fraction of sp³-hybridized carbons (Fsp3) is 0.781. The zero-order valence-corrected chi connectivity index (χ0v) is 26.0. The number of hydrogen-bond acceptors (Lipinski definition) is 6. The Morgan fingerprint density at radius 2 is 1.85 bits per heavy atom. The van der Waals surface area contributed by atoms with Gasteiger partial charge in [-0.15, -0.1) is 6.58 Å². The van der Waals surface area contributed by atoms with Crippen LogP contribution >= 0.6 is 0 Å². The Labute approximate surface area is 241 Å². The fourth-order valence-electron chi connectivity index (χ4n) is 8.00. The normalized spacial score (nSPS) is 31.1. The van der Waals surface area contributed by atoms with Gasteiger partial charge in [0, 0.05) is 12.1 Å². The highest BCUT2D eigenvalue weighted by Gasteiger charge is 2.80. The molecule has 3 fully saturated rings. The van der Waals surface area contributed by atoms with Gasteiger partial charge in [0.2, 0.25) is 11.8 Å². The molecule has 2 bridgehead atoms. The molecule has 0 aromatic heterocycles. The van der Waals surface area contributed by atoms with E-state index >= 15 is 0 Å². The van der Waals surface area contributed by atoms with Crippen LogP contribution in [-0.2, 0) is 23.9 Å². The van der Waals surface area contributed by atoms with Gasteiger partial charge in [-0.05, 0) is 50.9 Å². The topological polar surface area (TPSA) is 96.4 Å². The third kappa shape index (κ3) is 5.26. The quantitative estimate of drug-likeness (QED) is 0.263. The Bertz CT molecular complexity index is 1000. The lowest BCUT2D eigenvalue weighted by Gasteiger charge is -2.47. The van der Waals surface area contributed by atoms with Crippen molar-refractivity contribution in [3.05, 3.63) is 25.3 Å². The van der Waals surface area contributed by atoms with Crippen LogP contribution in [-0.4, -0.2) is 81.3 Å². The van der Waals surface area contributed by atoms with Gasteiger partial charge >= 0.3 is 5.97 Å². The molecular formula is C32H52N2O6. The van der Waals surface area contributed by atoms with Crippen molar-refractivity contribution in [2.75, 3.05) is 19.8 Å². The molecule has 40 heavy (non-hydrogen) atoms. The van der Waals surface area contributed by atoms with Gasteiger partial charge in [0.15, 0.2) is 0 Å². The van der Waals surface area contributed by atoms with Crippen LogP contribution in [0.4, 0.5) is 0 Å². The van der Waals surface area contributed by atoms with Crippen LogP contribution in [0, 0.1) is 23.2 Å². The van der Waals surface area contributed by atoms with E-state index < -0.39 is 46.6 Å². The monoisotopic (exact) mass is 560 g/mol. The number of rotatable bonds is 13. The molecule has 0 aromatic carbocycles. The molecule has 3 heterocycles. The highest BCUT2D eigenvalue weighted by Crippen LogP contribution is 2.65. The maximum Gasteiger partial charge on any atom is 0.313 e. The lowest BCUT2D eigenvalue weighted by atomic mass is 9.65. The van der Waals surface area contributed by atoms with Crippen LogP contribution in [0.2, 0.25) is 0 Å². The van der Waals surface area contributed by atoms with Crippen LogP contribution in [0.3, 0.4) is 0 Å². The van der Waals surface area contributed by atoms with Gasteiger partial charge in [-0.2, -0.15) is 0 Å². The van der Waals surface area contributed by atoms with E-state index in [4.69, 9.17) is 9.47 Å². The van der Waals surface area contributed by atoms with Gasteiger partial charge in [-0.1, -0.05) is 66.7 Å². The first kappa shape index (κ1) is 32.3. The lowest BCUT2D eigenvalue weighted by Crippen LogP contribution is -2.63. The minimum absolute atomic E-state index is 0.0371. The Kier molecular flexibility index (Phi) is 9.37. The number of fused-ring (bicyclic) bond motifs is 1. The van der Waals surface area contributed by atoms with Gasteiger partial charge in [0.1, 0.15) is 24.2 Å². The second kappa shape index (κ2) is 11.6.